The van der Waals surface area contributed by atoms with Gasteiger partial charge < -0.3 is 4.74 Å². The summed E-state index contributed by atoms with van der Waals surface area (Å²) in [5, 5.41) is 6.95. The minimum atomic E-state index is -0.216. The van der Waals surface area contributed by atoms with Gasteiger partial charge in [-0.2, -0.15) is 5.10 Å². The predicted octanol–water partition coefficient (Wildman–Crippen LogP) is 0.254. The second-order valence-electron chi connectivity index (χ2n) is 2.10. The molecule has 5 heteroatoms. The summed E-state index contributed by atoms with van der Waals surface area (Å²) in [4.78, 5) is 10.7. The van der Waals surface area contributed by atoms with Crippen LogP contribution in [-0.2, 0) is 0 Å². The maximum absolute atomic E-state index is 10.7. The molecular weight excluding hydrogens is 164 g/mol. The van der Waals surface area contributed by atoms with Crippen LogP contribution in [0.15, 0.2) is 15.9 Å². The first-order valence-corrected chi connectivity index (χ1v) is 4.20. The highest BCUT2D eigenvalue weighted by Gasteiger charge is 2.11. The van der Waals surface area contributed by atoms with Crippen molar-refractivity contribution >= 4 is 11.8 Å². The van der Waals surface area contributed by atoms with Crippen molar-refractivity contribution < 1.29 is 4.74 Å². The Kier molecular flexibility index (Phi) is 1.58. The van der Waals surface area contributed by atoms with Crippen LogP contribution in [0.5, 0.6) is 5.75 Å². The van der Waals surface area contributed by atoms with Gasteiger partial charge in [-0.05, 0) is 0 Å². The lowest BCUT2D eigenvalue weighted by molar-refractivity contribution is 0.324. The Labute approximate surface area is 67.0 Å². The van der Waals surface area contributed by atoms with Crippen molar-refractivity contribution in [2.45, 2.75) is 5.03 Å². The highest BCUT2D eigenvalue weighted by Crippen LogP contribution is 2.28. The number of hydrogen-bond acceptors (Lipinski definition) is 4. The number of nitrogens with zero attached hydrogens (tertiary/aromatic N) is 1. The van der Waals surface area contributed by atoms with E-state index in [1.807, 2.05) is 0 Å². The molecule has 0 fully saturated rings. The zero-order valence-corrected chi connectivity index (χ0v) is 6.48. The largest absolute Gasteiger partial charge is 0.490 e. The molecule has 0 saturated heterocycles. The molecule has 0 atom stereocenters. The topological polar surface area (TPSA) is 55.0 Å². The van der Waals surface area contributed by atoms with Gasteiger partial charge in [-0.1, -0.05) is 11.8 Å². The molecule has 0 spiro atoms. The fourth-order valence-corrected chi connectivity index (χ4v) is 1.60. The molecule has 1 N–H and O–H groups in total. The maximum atomic E-state index is 10.7. The molecule has 1 aliphatic heterocycles. The zero-order chi connectivity index (χ0) is 7.68. The van der Waals surface area contributed by atoms with E-state index in [2.05, 4.69) is 10.2 Å². The Morgan fingerprint density at radius 2 is 2.64 bits per heavy atom. The van der Waals surface area contributed by atoms with Crippen LogP contribution < -0.4 is 10.3 Å². The molecule has 0 unspecified atom stereocenters. The van der Waals surface area contributed by atoms with Crippen LogP contribution in [0.1, 0.15) is 0 Å². The van der Waals surface area contributed by atoms with E-state index < -0.39 is 0 Å². The number of H-pyrrole nitrogens is 1. The van der Waals surface area contributed by atoms with Gasteiger partial charge in [-0.3, -0.25) is 4.79 Å². The minimum absolute atomic E-state index is 0.216. The molecule has 0 amide bonds. The molecule has 0 bridgehead atoms. The van der Waals surface area contributed by atoms with E-state index in [4.69, 9.17) is 4.74 Å². The van der Waals surface area contributed by atoms with Gasteiger partial charge in [0.25, 0.3) is 5.56 Å². The van der Waals surface area contributed by atoms with E-state index in [1.54, 1.807) is 11.8 Å². The molecule has 4 nitrogen and oxygen atoms in total. The first kappa shape index (κ1) is 6.72. The first-order chi connectivity index (χ1) is 5.36. The van der Waals surface area contributed by atoms with Gasteiger partial charge in [0, 0.05) is 11.8 Å². The average molecular weight is 170 g/mol. The molecule has 11 heavy (non-hydrogen) atoms. The van der Waals surface area contributed by atoms with Gasteiger partial charge in [-0.25, -0.2) is 5.10 Å². The first-order valence-electron chi connectivity index (χ1n) is 3.21. The van der Waals surface area contributed by atoms with E-state index in [0.29, 0.717) is 12.4 Å². The Morgan fingerprint density at radius 3 is 3.55 bits per heavy atom. The third kappa shape index (κ3) is 1.23. The number of thioether (sulfide) groups is 1. The van der Waals surface area contributed by atoms with Crippen LogP contribution in [0.25, 0.3) is 0 Å². The van der Waals surface area contributed by atoms with Gasteiger partial charge in [0.05, 0.1) is 6.61 Å². The number of fused-ring (bicyclic) bond motifs is 1. The van der Waals surface area contributed by atoms with Crippen molar-refractivity contribution in [2.24, 2.45) is 0 Å². The molecule has 2 heterocycles. The second kappa shape index (κ2) is 2.58. The Morgan fingerprint density at radius 1 is 1.73 bits per heavy atom. The number of hydrogen-bond donors (Lipinski definition) is 1. The lowest BCUT2D eigenvalue weighted by Gasteiger charge is -2.13. The molecule has 1 aliphatic rings. The van der Waals surface area contributed by atoms with Gasteiger partial charge in [-0.15, -0.1) is 0 Å². The summed E-state index contributed by atoms with van der Waals surface area (Å²) in [6.07, 6.45) is 0. The van der Waals surface area contributed by atoms with Crippen molar-refractivity contribution in [3.05, 3.63) is 16.4 Å². The number of ether oxygens (including phenoxy) is 1. The quantitative estimate of drug-likeness (QED) is 0.606. The summed E-state index contributed by atoms with van der Waals surface area (Å²) < 4.78 is 5.20. The number of aromatic amines is 1. The summed E-state index contributed by atoms with van der Waals surface area (Å²) in [5.74, 6) is 1.50. The number of aromatic nitrogens is 2. The fourth-order valence-electron chi connectivity index (χ4n) is 0.871. The van der Waals surface area contributed by atoms with Crippen LogP contribution in [0.4, 0.5) is 0 Å². The van der Waals surface area contributed by atoms with Crippen molar-refractivity contribution in [1.29, 1.82) is 0 Å². The lowest BCUT2D eigenvalue weighted by Crippen LogP contribution is -2.14. The van der Waals surface area contributed by atoms with Crippen molar-refractivity contribution in [2.75, 3.05) is 12.4 Å². The molecule has 1 aromatic rings. The van der Waals surface area contributed by atoms with E-state index in [1.165, 1.54) is 6.07 Å². The maximum Gasteiger partial charge on any atom is 0.267 e. The minimum Gasteiger partial charge on any atom is -0.490 e. The van der Waals surface area contributed by atoms with E-state index in [-0.39, 0.29) is 5.56 Å². The molecule has 0 aliphatic carbocycles. The standard InChI is InChI=1S/C6H6N2O2S/c9-5-3-4-6(8-7-5)11-2-1-10-4/h3H,1-2H2,(H,7,9). The van der Waals surface area contributed by atoms with Gasteiger partial charge >= 0.3 is 0 Å². The molecule has 2 rings (SSSR count). The predicted molar refractivity (Wildman–Crippen MR) is 41.1 cm³/mol. The average Bonchev–Trinajstić information content (AvgIpc) is 2.04. The van der Waals surface area contributed by atoms with Gasteiger partial charge in [0.1, 0.15) is 0 Å². The summed E-state index contributed by atoms with van der Waals surface area (Å²) in [6, 6.07) is 1.43. The number of rotatable bonds is 0. The zero-order valence-electron chi connectivity index (χ0n) is 5.66. The van der Waals surface area contributed by atoms with Gasteiger partial charge in [0.15, 0.2) is 10.8 Å². The molecular formula is C6H6N2O2S. The summed E-state index contributed by atoms with van der Waals surface area (Å²) in [5.41, 5.74) is -0.216. The van der Waals surface area contributed by atoms with E-state index >= 15 is 0 Å². The molecule has 0 aromatic carbocycles. The Balaban J connectivity index is 2.51. The molecule has 1 aromatic heterocycles. The second-order valence-corrected chi connectivity index (χ2v) is 3.18. The third-order valence-electron chi connectivity index (χ3n) is 1.32. The monoisotopic (exact) mass is 170 g/mol. The number of nitrogens with one attached hydrogen (secondary N) is 1. The van der Waals surface area contributed by atoms with Crippen LogP contribution in [0.3, 0.4) is 0 Å². The molecule has 0 radical (unpaired) electrons. The molecule has 0 saturated carbocycles. The van der Waals surface area contributed by atoms with Crippen LogP contribution in [0, 0.1) is 0 Å². The normalized spacial score (nSPS) is 15.3. The van der Waals surface area contributed by atoms with Crippen LogP contribution in [0.2, 0.25) is 0 Å². The van der Waals surface area contributed by atoms with E-state index in [9.17, 15) is 4.79 Å². The highest BCUT2D eigenvalue weighted by atomic mass is 32.2. The summed E-state index contributed by atoms with van der Waals surface area (Å²) in [7, 11) is 0. The lowest BCUT2D eigenvalue weighted by atomic mass is 10.5. The molecule has 58 valence electrons. The summed E-state index contributed by atoms with van der Waals surface area (Å²) >= 11 is 1.59. The fraction of sp³-hybridized carbons (Fsp3) is 0.333. The van der Waals surface area contributed by atoms with Crippen LogP contribution in [-0.4, -0.2) is 22.6 Å². The van der Waals surface area contributed by atoms with Crippen molar-refractivity contribution in [3.8, 4) is 5.75 Å². The third-order valence-corrected chi connectivity index (χ3v) is 2.26. The SMILES string of the molecule is O=c1cc2c(n[nH]1)SCCO2. The summed E-state index contributed by atoms with van der Waals surface area (Å²) in [6.45, 7) is 0.656. The van der Waals surface area contributed by atoms with E-state index in [0.717, 1.165) is 10.8 Å². The smallest absolute Gasteiger partial charge is 0.267 e. The van der Waals surface area contributed by atoms with Crippen molar-refractivity contribution in [1.82, 2.24) is 10.2 Å². The Bertz CT molecular complexity index is 323. The highest BCUT2D eigenvalue weighted by molar-refractivity contribution is 7.99. The van der Waals surface area contributed by atoms with Crippen molar-refractivity contribution in [3.63, 3.8) is 0 Å². The van der Waals surface area contributed by atoms with Gasteiger partial charge in [0.2, 0.25) is 0 Å². The Hall–Kier alpha value is -0.970. The van der Waals surface area contributed by atoms with Crippen LogP contribution >= 0.6 is 11.8 Å².